The number of ether oxygens (including phenoxy) is 1. The lowest BCUT2D eigenvalue weighted by Crippen LogP contribution is -2.34. The molecule has 2 rings (SSSR count). The number of pyridine rings is 1. The number of aromatic nitrogens is 2. The van der Waals surface area contributed by atoms with Gasteiger partial charge in [-0.25, -0.2) is 9.78 Å². The van der Waals surface area contributed by atoms with Crippen molar-refractivity contribution in [3.63, 3.8) is 0 Å². The van der Waals surface area contributed by atoms with Gasteiger partial charge >= 0.3 is 6.09 Å². The molecule has 2 aromatic heterocycles. The van der Waals surface area contributed by atoms with Crippen molar-refractivity contribution in [3.8, 4) is 0 Å². The molecule has 0 saturated carbocycles. The number of amides is 1. The van der Waals surface area contributed by atoms with Crippen LogP contribution < -0.4 is 4.90 Å². The van der Waals surface area contributed by atoms with Gasteiger partial charge in [-0.3, -0.25) is 4.90 Å². The number of imidazole rings is 1. The Kier molecular flexibility index (Phi) is 3.22. The summed E-state index contributed by atoms with van der Waals surface area (Å²) in [4.78, 5) is 17.8. The smallest absolute Gasteiger partial charge is 0.414 e. The van der Waals surface area contributed by atoms with Crippen LogP contribution in [0.25, 0.3) is 5.65 Å². The molecule has 0 unspecified atom stereocenters. The third-order valence-corrected chi connectivity index (χ3v) is 2.71. The maximum Gasteiger partial charge on any atom is 0.414 e. The molecule has 19 heavy (non-hydrogen) atoms. The fourth-order valence-corrected chi connectivity index (χ4v) is 1.81. The summed E-state index contributed by atoms with van der Waals surface area (Å²) in [6.07, 6.45) is 5.08. The highest BCUT2D eigenvalue weighted by molar-refractivity contribution is 5.87. The number of anilines is 1. The second-order valence-electron chi connectivity index (χ2n) is 5.58. The maximum absolute atomic E-state index is 12.0. The fourth-order valence-electron chi connectivity index (χ4n) is 1.81. The standard InChI is InChI=1S/C14H19N3O2/c1-10-8-11(9-17-7-6-15-12(10)17)16(5)13(18)19-14(2,3)4/h6-9H,1-5H3. The molecule has 102 valence electrons. The minimum absolute atomic E-state index is 0.369. The Morgan fingerprint density at radius 1 is 1.42 bits per heavy atom. The Morgan fingerprint density at radius 3 is 2.74 bits per heavy atom. The highest BCUT2D eigenvalue weighted by Gasteiger charge is 2.21. The van der Waals surface area contributed by atoms with Crippen molar-refractivity contribution in [2.75, 3.05) is 11.9 Å². The molecule has 0 aromatic carbocycles. The Labute approximate surface area is 112 Å². The maximum atomic E-state index is 12.0. The Balaban J connectivity index is 2.30. The molecule has 1 amide bonds. The van der Waals surface area contributed by atoms with Crippen molar-refractivity contribution in [3.05, 3.63) is 30.2 Å². The van der Waals surface area contributed by atoms with Crippen molar-refractivity contribution < 1.29 is 9.53 Å². The molecule has 2 aromatic rings. The van der Waals surface area contributed by atoms with Gasteiger partial charge in [-0.15, -0.1) is 0 Å². The molecule has 0 aliphatic heterocycles. The predicted molar refractivity (Wildman–Crippen MR) is 74.6 cm³/mol. The Hall–Kier alpha value is -2.04. The molecule has 5 nitrogen and oxygen atoms in total. The van der Waals surface area contributed by atoms with Crippen LogP contribution in [0.3, 0.4) is 0 Å². The molecule has 0 N–H and O–H groups in total. The number of nitrogens with zero attached hydrogens (tertiary/aromatic N) is 3. The van der Waals surface area contributed by atoms with Crippen LogP contribution in [0.15, 0.2) is 24.7 Å². The van der Waals surface area contributed by atoms with Gasteiger partial charge in [-0.1, -0.05) is 0 Å². The zero-order valence-corrected chi connectivity index (χ0v) is 12.0. The summed E-state index contributed by atoms with van der Waals surface area (Å²) in [6, 6.07) is 1.92. The minimum Gasteiger partial charge on any atom is -0.443 e. The van der Waals surface area contributed by atoms with Gasteiger partial charge in [0.05, 0.1) is 5.69 Å². The lowest BCUT2D eigenvalue weighted by molar-refractivity contribution is 0.0589. The lowest BCUT2D eigenvalue weighted by Gasteiger charge is -2.25. The van der Waals surface area contributed by atoms with E-state index in [4.69, 9.17) is 4.74 Å². The summed E-state index contributed by atoms with van der Waals surface area (Å²) < 4.78 is 7.24. The fraction of sp³-hybridized carbons (Fsp3) is 0.429. The average molecular weight is 261 g/mol. The van der Waals surface area contributed by atoms with Crippen LogP contribution in [-0.2, 0) is 4.74 Å². The van der Waals surface area contributed by atoms with Gasteiger partial charge < -0.3 is 9.14 Å². The average Bonchev–Trinajstić information content (AvgIpc) is 2.74. The van der Waals surface area contributed by atoms with E-state index in [9.17, 15) is 4.79 Å². The molecule has 0 radical (unpaired) electrons. The molecular weight excluding hydrogens is 242 g/mol. The monoisotopic (exact) mass is 261 g/mol. The van der Waals surface area contributed by atoms with Crippen molar-refractivity contribution in [1.82, 2.24) is 9.38 Å². The first-order valence-electron chi connectivity index (χ1n) is 6.18. The van der Waals surface area contributed by atoms with Gasteiger partial charge in [-0.2, -0.15) is 0 Å². The number of rotatable bonds is 1. The third-order valence-electron chi connectivity index (χ3n) is 2.71. The van der Waals surface area contributed by atoms with Crippen molar-refractivity contribution in [2.45, 2.75) is 33.3 Å². The van der Waals surface area contributed by atoms with Gasteiger partial charge in [0, 0.05) is 25.6 Å². The van der Waals surface area contributed by atoms with E-state index >= 15 is 0 Å². The second-order valence-corrected chi connectivity index (χ2v) is 5.58. The normalized spacial score (nSPS) is 11.6. The van der Waals surface area contributed by atoms with E-state index in [1.165, 1.54) is 4.90 Å². The summed E-state index contributed by atoms with van der Waals surface area (Å²) in [5.41, 5.74) is 2.18. The van der Waals surface area contributed by atoms with Gasteiger partial charge in [-0.05, 0) is 39.3 Å². The van der Waals surface area contributed by atoms with Gasteiger partial charge in [0.1, 0.15) is 11.2 Å². The zero-order valence-electron chi connectivity index (χ0n) is 12.0. The lowest BCUT2D eigenvalue weighted by atomic mass is 10.2. The molecule has 0 spiro atoms. The number of aryl methyl sites for hydroxylation is 1. The molecule has 2 heterocycles. The van der Waals surface area contributed by atoms with E-state index in [2.05, 4.69) is 4.98 Å². The van der Waals surface area contributed by atoms with E-state index < -0.39 is 5.60 Å². The van der Waals surface area contributed by atoms with Crippen LogP contribution in [-0.4, -0.2) is 28.1 Å². The van der Waals surface area contributed by atoms with Crippen molar-refractivity contribution in [2.24, 2.45) is 0 Å². The Bertz CT molecular complexity index is 611. The molecule has 0 aliphatic carbocycles. The number of fused-ring (bicyclic) bond motifs is 1. The quantitative estimate of drug-likeness (QED) is 0.792. The molecule has 0 atom stereocenters. The summed E-state index contributed by atoms with van der Waals surface area (Å²) in [6.45, 7) is 7.52. The minimum atomic E-state index is -0.501. The predicted octanol–water partition coefficient (Wildman–Crippen LogP) is 3.01. The summed E-state index contributed by atoms with van der Waals surface area (Å²) in [5.74, 6) is 0. The van der Waals surface area contributed by atoms with Crippen LogP contribution in [0.1, 0.15) is 26.3 Å². The SMILES string of the molecule is Cc1cc(N(C)C(=O)OC(C)(C)C)cn2ccnc12. The molecular formula is C14H19N3O2. The van der Waals surface area contributed by atoms with E-state index in [1.54, 1.807) is 13.2 Å². The van der Waals surface area contributed by atoms with E-state index in [0.717, 1.165) is 16.9 Å². The second kappa shape index (κ2) is 4.57. The summed E-state index contributed by atoms with van der Waals surface area (Å²) in [5, 5.41) is 0. The third kappa shape index (κ3) is 2.86. The Morgan fingerprint density at radius 2 is 2.11 bits per heavy atom. The van der Waals surface area contributed by atoms with Crippen molar-refractivity contribution >= 4 is 17.4 Å². The topological polar surface area (TPSA) is 46.8 Å². The van der Waals surface area contributed by atoms with Crippen LogP contribution in [0.2, 0.25) is 0 Å². The molecule has 0 fully saturated rings. The van der Waals surface area contributed by atoms with Gasteiger partial charge in [0.25, 0.3) is 0 Å². The van der Waals surface area contributed by atoms with Crippen molar-refractivity contribution in [1.29, 1.82) is 0 Å². The van der Waals surface area contributed by atoms with Crippen LogP contribution in [0.5, 0.6) is 0 Å². The highest BCUT2D eigenvalue weighted by atomic mass is 16.6. The van der Waals surface area contributed by atoms with Crippen LogP contribution >= 0.6 is 0 Å². The molecule has 5 heteroatoms. The molecule has 0 aliphatic rings. The first-order valence-corrected chi connectivity index (χ1v) is 6.18. The van der Waals surface area contributed by atoms with Gasteiger partial charge in [0.2, 0.25) is 0 Å². The van der Waals surface area contributed by atoms with E-state index in [1.807, 2.05) is 50.6 Å². The van der Waals surface area contributed by atoms with Crippen LogP contribution in [0, 0.1) is 6.92 Å². The van der Waals surface area contributed by atoms with E-state index in [0.29, 0.717) is 0 Å². The number of carbonyl (C=O) groups excluding carboxylic acids is 1. The first kappa shape index (κ1) is 13.4. The molecule has 0 bridgehead atoms. The van der Waals surface area contributed by atoms with Crippen LogP contribution in [0.4, 0.5) is 10.5 Å². The first-order chi connectivity index (χ1) is 8.78. The molecule has 0 saturated heterocycles. The largest absolute Gasteiger partial charge is 0.443 e. The number of hydrogen-bond acceptors (Lipinski definition) is 3. The number of hydrogen-bond donors (Lipinski definition) is 0. The number of carbonyl (C=O) groups is 1. The summed E-state index contributed by atoms with van der Waals surface area (Å²) >= 11 is 0. The summed E-state index contributed by atoms with van der Waals surface area (Å²) in [7, 11) is 1.70. The highest BCUT2D eigenvalue weighted by Crippen LogP contribution is 2.20. The zero-order chi connectivity index (χ0) is 14.2. The van der Waals surface area contributed by atoms with Gasteiger partial charge in [0.15, 0.2) is 0 Å². The van der Waals surface area contributed by atoms with E-state index in [-0.39, 0.29) is 6.09 Å².